The van der Waals surface area contributed by atoms with E-state index in [0.29, 0.717) is 24.1 Å². The average molecular weight is 391 g/mol. The van der Waals surface area contributed by atoms with Crippen LogP contribution in [-0.4, -0.2) is 42.3 Å². The lowest BCUT2D eigenvalue weighted by molar-refractivity contribution is -0.117. The number of carbonyl (C=O) groups excluding carboxylic acids is 3. The Labute approximate surface area is 170 Å². The van der Waals surface area contributed by atoms with E-state index in [1.165, 1.54) is 0 Å². The summed E-state index contributed by atoms with van der Waals surface area (Å²) in [6.45, 7) is 2.72. The lowest BCUT2D eigenvalue weighted by Crippen LogP contribution is -2.28. The molecule has 3 amide bonds. The van der Waals surface area contributed by atoms with Gasteiger partial charge in [-0.1, -0.05) is 12.1 Å². The molecule has 29 heavy (non-hydrogen) atoms. The van der Waals surface area contributed by atoms with Crippen molar-refractivity contribution in [2.75, 3.05) is 24.5 Å². The summed E-state index contributed by atoms with van der Waals surface area (Å²) < 4.78 is 0. The van der Waals surface area contributed by atoms with E-state index < -0.39 is 0 Å². The maximum absolute atomic E-state index is 12.5. The van der Waals surface area contributed by atoms with Crippen molar-refractivity contribution in [1.29, 1.82) is 0 Å². The zero-order chi connectivity index (χ0) is 20.2. The topological polar surface area (TPSA) is 69.7 Å². The van der Waals surface area contributed by atoms with Gasteiger partial charge in [0, 0.05) is 49.4 Å². The fourth-order valence-electron chi connectivity index (χ4n) is 3.92. The molecule has 150 valence electrons. The van der Waals surface area contributed by atoms with E-state index in [1.807, 2.05) is 41.3 Å². The highest BCUT2D eigenvalue weighted by atomic mass is 16.2. The molecule has 2 aromatic rings. The highest BCUT2D eigenvalue weighted by Gasteiger charge is 2.22. The van der Waals surface area contributed by atoms with Crippen molar-refractivity contribution >= 4 is 23.4 Å². The quantitative estimate of drug-likeness (QED) is 0.852. The summed E-state index contributed by atoms with van der Waals surface area (Å²) in [5.41, 5.74) is 2.93. The summed E-state index contributed by atoms with van der Waals surface area (Å²) in [7, 11) is 0. The monoisotopic (exact) mass is 391 g/mol. The van der Waals surface area contributed by atoms with Crippen molar-refractivity contribution in [3.8, 4) is 0 Å². The van der Waals surface area contributed by atoms with Gasteiger partial charge < -0.3 is 15.1 Å². The van der Waals surface area contributed by atoms with Crippen LogP contribution in [0.1, 0.15) is 52.0 Å². The van der Waals surface area contributed by atoms with Crippen molar-refractivity contribution in [2.45, 2.75) is 32.2 Å². The van der Waals surface area contributed by atoms with E-state index in [1.54, 1.807) is 17.0 Å². The van der Waals surface area contributed by atoms with Gasteiger partial charge in [0.25, 0.3) is 11.8 Å². The van der Waals surface area contributed by atoms with Crippen LogP contribution in [0, 0.1) is 0 Å². The molecule has 2 saturated heterocycles. The molecule has 2 aliphatic rings. The fourth-order valence-corrected chi connectivity index (χ4v) is 3.92. The minimum atomic E-state index is -0.180. The number of benzene rings is 2. The lowest BCUT2D eigenvalue weighted by atomic mass is 10.1. The maximum Gasteiger partial charge on any atom is 0.253 e. The molecule has 0 atom stereocenters. The second kappa shape index (κ2) is 8.47. The summed E-state index contributed by atoms with van der Waals surface area (Å²) in [4.78, 5) is 40.5. The number of carbonyl (C=O) groups is 3. The van der Waals surface area contributed by atoms with Gasteiger partial charge in [0.15, 0.2) is 0 Å². The number of hydrogen-bond donors (Lipinski definition) is 1. The Kier molecular flexibility index (Phi) is 5.60. The summed E-state index contributed by atoms with van der Waals surface area (Å²) in [5, 5.41) is 2.90. The molecule has 1 N–H and O–H groups in total. The molecule has 0 unspecified atom stereocenters. The van der Waals surface area contributed by atoms with Crippen LogP contribution in [0.3, 0.4) is 0 Å². The molecule has 0 spiro atoms. The standard InChI is InChI=1S/C23H25N3O3/c27-21-7-4-14-26(21)20-10-8-18(9-11-20)22(28)24-16-17-5-3-6-19(15-17)23(29)25-12-1-2-13-25/h3,5-6,8-11,15H,1-2,4,7,12-14,16H2,(H,24,28). The fraction of sp³-hybridized carbons (Fsp3) is 0.348. The van der Waals surface area contributed by atoms with Crippen molar-refractivity contribution in [3.63, 3.8) is 0 Å². The molecule has 0 bridgehead atoms. The Morgan fingerprint density at radius 3 is 2.34 bits per heavy atom. The minimum Gasteiger partial charge on any atom is -0.348 e. The predicted octanol–water partition coefficient (Wildman–Crippen LogP) is 2.98. The Morgan fingerprint density at radius 1 is 0.897 bits per heavy atom. The van der Waals surface area contributed by atoms with Crippen LogP contribution in [0.4, 0.5) is 5.69 Å². The van der Waals surface area contributed by atoms with Crippen LogP contribution >= 0.6 is 0 Å². The van der Waals surface area contributed by atoms with Gasteiger partial charge >= 0.3 is 0 Å². The average Bonchev–Trinajstić information content (AvgIpc) is 3.44. The highest BCUT2D eigenvalue weighted by molar-refractivity contribution is 5.97. The zero-order valence-corrected chi connectivity index (χ0v) is 16.4. The van der Waals surface area contributed by atoms with Crippen LogP contribution in [0.25, 0.3) is 0 Å². The van der Waals surface area contributed by atoms with E-state index >= 15 is 0 Å². The Morgan fingerprint density at radius 2 is 1.66 bits per heavy atom. The molecule has 2 aliphatic heterocycles. The largest absolute Gasteiger partial charge is 0.348 e. The molecule has 6 heteroatoms. The second-order valence-electron chi connectivity index (χ2n) is 7.58. The Bertz CT molecular complexity index is 917. The predicted molar refractivity (Wildman–Crippen MR) is 111 cm³/mol. The third kappa shape index (κ3) is 4.31. The number of nitrogens with one attached hydrogen (secondary N) is 1. The molecular formula is C23H25N3O3. The molecule has 0 aliphatic carbocycles. The van der Waals surface area contributed by atoms with Gasteiger partial charge in [0.2, 0.25) is 5.91 Å². The molecule has 2 heterocycles. The van der Waals surface area contributed by atoms with Crippen LogP contribution in [0.5, 0.6) is 0 Å². The first-order valence-corrected chi connectivity index (χ1v) is 10.2. The van der Waals surface area contributed by atoms with Crippen LogP contribution in [-0.2, 0) is 11.3 Å². The third-order valence-corrected chi connectivity index (χ3v) is 5.53. The summed E-state index contributed by atoms with van der Waals surface area (Å²) >= 11 is 0. The van der Waals surface area contributed by atoms with Gasteiger partial charge in [0.05, 0.1) is 0 Å². The maximum atomic E-state index is 12.5. The van der Waals surface area contributed by atoms with E-state index in [0.717, 1.165) is 50.1 Å². The molecule has 6 nitrogen and oxygen atoms in total. The first-order chi connectivity index (χ1) is 14.1. The molecule has 4 rings (SSSR count). The van der Waals surface area contributed by atoms with Crippen LogP contribution in [0.15, 0.2) is 48.5 Å². The second-order valence-corrected chi connectivity index (χ2v) is 7.58. The van der Waals surface area contributed by atoms with Crippen LogP contribution < -0.4 is 10.2 Å². The molecule has 2 fully saturated rings. The number of likely N-dealkylation sites (tertiary alicyclic amines) is 1. The molecule has 2 aromatic carbocycles. The Hall–Kier alpha value is -3.15. The van der Waals surface area contributed by atoms with Crippen molar-refractivity contribution < 1.29 is 14.4 Å². The lowest BCUT2D eigenvalue weighted by Gasteiger charge is -2.16. The first kappa shape index (κ1) is 19.2. The van der Waals surface area contributed by atoms with Crippen molar-refractivity contribution in [3.05, 3.63) is 65.2 Å². The molecule has 0 radical (unpaired) electrons. The number of anilines is 1. The number of amides is 3. The van der Waals surface area contributed by atoms with Gasteiger partial charge in [-0.15, -0.1) is 0 Å². The van der Waals surface area contributed by atoms with E-state index in [2.05, 4.69) is 5.32 Å². The molecule has 0 aromatic heterocycles. The summed E-state index contributed by atoms with van der Waals surface area (Å²) in [6, 6.07) is 14.5. The van der Waals surface area contributed by atoms with Gasteiger partial charge in [-0.05, 0) is 61.2 Å². The SMILES string of the molecule is O=C(NCc1cccc(C(=O)N2CCCC2)c1)c1ccc(N2CCCC2=O)cc1. The smallest absolute Gasteiger partial charge is 0.253 e. The Balaban J connectivity index is 1.36. The normalized spacial score (nSPS) is 16.3. The number of rotatable bonds is 5. The molecule has 0 saturated carbocycles. The van der Waals surface area contributed by atoms with Crippen molar-refractivity contribution in [2.24, 2.45) is 0 Å². The van der Waals surface area contributed by atoms with Gasteiger partial charge in [0.1, 0.15) is 0 Å². The third-order valence-electron chi connectivity index (χ3n) is 5.53. The van der Waals surface area contributed by atoms with Gasteiger partial charge in [-0.3, -0.25) is 14.4 Å². The minimum absolute atomic E-state index is 0.0581. The van der Waals surface area contributed by atoms with Crippen molar-refractivity contribution in [1.82, 2.24) is 10.2 Å². The van der Waals surface area contributed by atoms with E-state index in [4.69, 9.17) is 0 Å². The zero-order valence-electron chi connectivity index (χ0n) is 16.4. The van der Waals surface area contributed by atoms with E-state index in [9.17, 15) is 14.4 Å². The molecular weight excluding hydrogens is 366 g/mol. The summed E-state index contributed by atoms with van der Waals surface area (Å²) in [5.74, 6) is 0.00820. The van der Waals surface area contributed by atoms with Crippen LogP contribution in [0.2, 0.25) is 0 Å². The van der Waals surface area contributed by atoms with Gasteiger partial charge in [-0.25, -0.2) is 0 Å². The van der Waals surface area contributed by atoms with E-state index in [-0.39, 0.29) is 17.7 Å². The summed E-state index contributed by atoms with van der Waals surface area (Å²) in [6.07, 6.45) is 3.58. The highest BCUT2D eigenvalue weighted by Crippen LogP contribution is 2.21. The number of hydrogen-bond acceptors (Lipinski definition) is 3. The first-order valence-electron chi connectivity index (χ1n) is 10.2. The number of nitrogens with zero attached hydrogens (tertiary/aromatic N) is 2. The van der Waals surface area contributed by atoms with Gasteiger partial charge in [-0.2, -0.15) is 0 Å².